The maximum absolute atomic E-state index is 13.1. The van der Waals surface area contributed by atoms with Crippen LogP contribution in [0.15, 0.2) is 18.2 Å². The van der Waals surface area contributed by atoms with Crippen LogP contribution in [0.5, 0.6) is 0 Å². The van der Waals surface area contributed by atoms with Gasteiger partial charge in [-0.25, -0.2) is 0 Å². The number of nitrogens with zero attached hydrogens (tertiary/aromatic N) is 1. The maximum Gasteiger partial charge on any atom is 0.416 e. The van der Waals surface area contributed by atoms with Crippen molar-refractivity contribution in [1.82, 2.24) is 0 Å². The Hall–Kier alpha value is -0.750. The minimum absolute atomic E-state index is 0.198. The summed E-state index contributed by atoms with van der Waals surface area (Å²) < 4.78 is 44.3. The van der Waals surface area contributed by atoms with Crippen LogP contribution in [0.2, 0.25) is 0 Å². The van der Waals surface area contributed by atoms with Crippen molar-refractivity contribution < 1.29 is 17.9 Å². The number of rotatable bonds is 6. The molecule has 1 aromatic carbocycles. The molecule has 1 fully saturated rings. The molecule has 0 radical (unpaired) electrons. The molecular formula is C14H17BrF3NO. The van der Waals surface area contributed by atoms with Gasteiger partial charge in [-0.05, 0) is 30.5 Å². The number of anilines is 1. The van der Waals surface area contributed by atoms with Crippen LogP contribution >= 0.6 is 15.9 Å². The molecule has 2 rings (SSSR count). The Bertz CT molecular complexity index is 460. The standard InChI is InChI=1S/C14H17BrF3NO/c1-20-7-6-19(11-4-5-11)12-3-2-10(9-15)13(8-12)14(16,17)18/h2-3,8,11H,4-7,9H2,1H3. The second kappa shape index (κ2) is 6.35. The van der Waals surface area contributed by atoms with Crippen molar-refractivity contribution in [1.29, 1.82) is 0 Å². The van der Waals surface area contributed by atoms with Gasteiger partial charge in [-0.2, -0.15) is 13.2 Å². The van der Waals surface area contributed by atoms with Crippen molar-refractivity contribution >= 4 is 21.6 Å². The van der Waals surface area contributed by atoms with E-state index in [1.807, 2.05) is 4.90 Å². The monoisotopic (exact) mass is 351 g/mol. The summed E-state index contributed by atoms with van der Waals surface area (Å²) in [5, 5.41) is 0.198. The predicted octanol–water partition coefficient (Wildman–Crippen LogP) is 4.22. The maximum atomic E-state index is 13.1. The zero-order valence-corrected chi connectivity index (χ0v) is 12.8. The number of halogens is 4. The summed E-state index contributed by atoms with van der Waals surface area (Å²) in [6.07, 6.45) is -2.26. The normalized spacial score (nSPS) is 15.4. The summed E-state index contributed by atoms with van der Waals surface area (Å²) in [6.45, 7) is 1.13. The third-order valence-corrected chi connectivity index (χ3v) is 4.00. The van der Waals surface area contributed by atoms with E-state index in [4.69, 9.17) is 4.74 Å². The molecule has 0 N–H and O–H groups in total. The molecule has 1 aliphatic carbocycles. The van der Waals surface area contributed by atoms with Gasteiger partial charge in [0.25, 0.3) is 0 Å². The van der Waals surface area contributed by atoms with E-state index in [-0.39, 0.29) is 10.9 Å². The molecule has 0 atom stereocenters. The van der Waals surface area contributed by atoms with E-state index in [1.165, 1.54) is 6.07 Å². The highest BCUT2D eigenvalue weighted by atomic mass is 79.9. The van der Waals surface area contributed by atoms with Gasteiger partial charge in [-0.15, -0.1) is 0 Å². The number of methoxy groups -OCH3 is 1. The van der Waals surface area contributed by atoms with Gasteiger partial charge in [0.2, 0.25) is 0 Å². The van der Waals surface area contributed by atoms with E-state index in [9.17, 15) is 13.2 Å². The fourth-order valence-corrected chi connectivity index (χ4v) is 2.71. The van der Waals surface area contributed by atoms with Gasteiger partial charge < -0.3 is 9.64 Å². The van der Waals surface area contributed by atoms with Crippen LogP contribution in [-0.2, 0) is 16.2 Å². The number of alkyl halides is 4. The third kappa shape index (κ3) is 3.67. The summed E-state index contributed by atoms with van der Waals surface area (Å²) in [4.78, 5) is 2.01. The van der Waals surface area contributed by atoms with E-state index in [1.54, 1.807) is 19.2 Å². The third-order valence-electron chi connectivity index (χ3n) is 3.40. The van der Waals surface area contributed by atoms with Crippen LogP contribution in [0, 0.1) is 0 Å². The Balaban J connectivity index is 2.30. The van der Waals surface area contributed by atoms with E-state index in [2.05, 4.69) is 15.9 Å². The molecule has 0 unspecified atom stereocenters. The van der Waals surface area contributed by atoms with Crippen molar-refractivity contribution in [3.8, 4) is 0 Å². The molecule has 20 heavy (non-hydrogen) atoms. The average Bonchev–Trinajstić information content (AvgIpc) is 3.22. The largest absolute Gasteiger partial charge is 0.416 e. The zero-order valence-electron chi connectivity index (χ0n) is 11.2. The summed E-state index contributed by atoms with van der Waals surface area (Å²) in [5.74, 6) is 0. The highest BCUT2D eigenvalue weighted by Gasteiger charge is 2.35. The molecule has 0 bridgehead atoms. The van der Waals surface area contributed by atoms with Crippen molar-refractivity contribution in [2.24, 2.45) is 0 Å². The lowest BCUT2D eigenvalue weighted by Gasteiger charge is -2.26. The smallest absolute Gasteiger partial charge is 0.383 e. The average molecular weight is 352 g/mol. The molecule has 0 aromatic heterocycles. The van der Waals surface area contributed by atoms with Crippen LogP contribution in [0.25, 0.3) is 0 Å². The topological polar surface area (TPSA) is 12.5 Å². The molecule has 1 aromatic rings. The van der Waals surface area contributed by atoms with Crippen molar-refractivity contribution in [2.45, 2.75) is 30.4 Å². The number of hydrogen-bond donors (Lipinski definition) is 0. The highest BCUT2D eigenvalue weighted by molar-refractivity contribution is 9.08. The number of hydrogen-bond acceptors (Lipinski definition) is 2. The molecule has 0 heterocycles. The Kier molecular flexibility index (Phi) is 4.96. The predicted molar refractivity (Wildman–Crippen MR) is 76.3 cm³/mol. The van der Waals surface area contributed by atoms with Crippen LogP contribution < -0.4 is 4.90 Å². The van der Waals surface area contributed by atoms with E-state index in [0.717, 1.165) is 12.8 Å². The summed E-state index contributed by atoms with van der Waals surface area (Å²) in [5.41, 5.74) is 0.334. The Labute approximate surface area is 125 Å². The van der Waals surface area contributed by atoms with Crippen molar-refractivity contribution in [3.05, 3.63) is 29.3 Å². The molecular weight excluding hydrogens is 335 g/mol. The SMILES string of the molecule is COCCN(c1ccc(CBr)c(C(F)(F)F)c1)C1CC1. The Morgan fingerprint density at radius 1 is 1.35 bits per heavy atom. The van der Waals surface area contributed by atoms with Gasteiger partial charge in [0.05, 0.1) is 12.2 Å². The molecule has 112 valence electrons. The second-order valence-electron chi connectivity index (χ2n) is 4.89. The second-order valence-corrected chi connectivity index (χ2v) is 5.45. The fourth-order valence-electron chi connectivity index (χ4n) is 2.22. The van der Waals surface area contributed by atoms with Crippen LogP contribution in [0.4, 0.5) is 18.9 Å². The minimum atomic E-state index is -4.32. The van der Waals surface area contributed by atoms with Gasteiger partial charge >= 0.3 is 6.18 Å². The van der Waals surface area contributed by atoms with Crippen LogP contribution in [-0.4, -0.2) is 26.3 Å². The van der Waals surface area contributed by atoms with Gasteiger partial charge in [-0.3, -0.25) is 0 Å². The summed E-state index contributed by atoms with van der Waals surface area (Å²) in [7, 11) is 1.60. The van der Waals surface area contributed by atoms with Gasteiger partial charge in [0.15, 0.2) is 0 Å². The summed E-state index contributed by atoms with van der Waals surface area (Å²) >= 11 is 3.11. The molecule has 0 amide bonds. The van der Waals surface area contributed by atoms with E-state index < -0.39 is 11.7 Å². The molecule has 0 spiro atoms. The first-order chi connectivity index (χ1) is 9.47. The van der Waals surface area contributed by atoms with Crippen LogP contribution in [0.1, 0.15) is 24.0 Å². The quantitative estimate of drug-likeness (QED) is 0.711. The molecule has 0 saturated heterocycles. The Morgan fingerprint density at radius 2 is 2.05 bits per heavy atom. The zero-order chi connectivity index (χ0) is 14.8. The van der Waals surface area contributed by atoms with Crippen LogP contribution in [0.3, 0.4) is 0 Å². The first kappa shape index (κ1) is 15.6. The lowest BCUT2D eigenvalue weighted by Crippen LogP contribution is -2.29. The number of ether oxygens (including phenoxy) is 1. The first-order valence-electron chi connectivity index (χ1n) is 6.49. The number of benzene rings is 1. The molecule has 1 aliphatic rings. The fraction of sp³-hybridized carbons (Fsp3) is 0.571. The van der Waals surface area contributed by atoms with E-state index in [0.29, 0.717) is 24.9 Å². The van der Waals surface area contributed by atoms with Gasteiger partial charge in [0.1, 0.15) is 0 Å². The first-order valence-corrected chi connectivity index (χ1v) is 7.61. The highest BCUT2D eigenvalue weighted by Crippen LogP contribution is 2.38. The molecule has 2 nitrogen and oxygen atoms in total. The lowest BCUT2D eigenvalue weighted by atomic mass is 10.1. The Morgan fingerprint density at radius 3 is 2.55 bits per heavy atom. The summed E-state index contributed by atoms with van der Waals surface area (Å²) in [6, 6.07) is 4.92. The van der Waals surface area contributed by atoms with Crippen molar-refractivity contribution in [2.75, 3.05) is 25.2 Å². The molecule has 0 aliphatic heterocycles. The lowest BCUT2D eigenvalue weighted by molar-refractivity contribution is -0.138. The van der Waals surface area contributed by atoms with Gasteiger partial charge in [-0.1, -0.05) is 22.0 Å². The van der Waals surface area contributed by atoms with Gasteiger partial charge in [0, 0.05) is 30.7 Å². The van der Waals surface area contributed by atoms with E-state index >= 15 is 0 Å². The molecule has 1 saturated carbocycles. The molecule has 6 heteroatoms. The minimum Gasteiger partial charge on any atom is -0.383 e. The van der Waals surface area contributed by atoms with Crippen molar-refractivity contribution in [3.63, 3.8) is 0 Å².